The van der Waals surface area contributed by atoms with Gasteiger partial charge in [-0.3, -0.25) is 0 Å². The molecule has 1 fully saturated rings. The van der Waals surface area contributed by atoms with Crippen molar-refractivity contribution < 1.29 is 14.6 Å². The molecule has 0 spiro atoms. The summed E-state index contributed by atoms with van der Waals surface area (Å²) in [5.41, 5.74) is 1.14. The van der Waals surface area contributed by atoms with Crippen molar-refractivity contribution in [3.8, 4) is 11.5 Å². The summed E-state index contributed by atoms with van der Waals surface area (Å²) in [6.07, 6.45) is 2.54. The van der Waals surface area contributed by atoms with Gasteiger partial charge in [0.25, 0.3) is 0 Å². The van der Waals surface area contributed by atoms with Crippen molar-refractivity contribution in [2.75, 3.05) is 20.3 Å². The maximum atomic E-state index is 9.05. The summed E-state index contributed by atoms with van der Waals surface area (Å²) in [5, 5.41) is 12.5. The van der Waals surface area contributed by atoms with E-state index in [2.05, 4.69) is 5.32 Å². The Labute approximate surface area is 114 Å². The van der Waals surface area contributed by atoms with Crippen molar-refractivity contribution in [2.24, 2.45) is 5.92 Å². The number of methoxy groups -OCH3 is 1. The fourth-order valence-electron chi connectivity index (χ4n) is 1.77. The predicted molar refractivity (Wildman–Crippen MR) is 74.6 cm³/mol. The molecule has 1 aromatic rings. The van der Waals surface area contributed by atoms with Crippen LogP contribution < -0.4 is 14.8 Å². The number of aliphatic hydroxyl groups excluding tert-OH is 1. The Bertz CT molecular complexity index is 404. The van der Waals surface area contributed by atoms with Gasteiger partial charge in [0, 0.05) is 36.7 Å². The second kappa shape index (κ2) is 6.78. The molecule has 2 N–H and O–H groups in total. The zero-order valence-electron chi connectivity index (χ0n) is 11.7. The van der Waals surface area contributed by atoms with Gasteiger partial charge in [-0.15, -0.1) is 0 Å². The molecule has 0 aliphatic heterocycles. The van der Waals surface area contributed by atoms with Crippen LogP contribution in [0.5, 0.6) is 11.5 Å². The number of aliphatic hydroxyl groups is 1. The monoisotopic (exact) mass is 265 g/mol. The van der Waals surface area contributed by atoms with E-state index in [9.17, 15) is 0 Å². The molecule has 0 heterocycles. The first-order chi connectivity index (χ1) is 9.22. The van der Waals surface area contributed by atoms with E-state index in [-0.39, 0.29) is 12.5 Å². The number of nitrogens with one attached hydrogen (secondary N) is 1. The van der Waals surface area contributed by atoms with Crippen LogP contribution in [0.15, 0.2) is 18.2 Å². The van der Waals surface area contributed by atoms with Crippen molar-refractivity contribution >= 4 is 0 Å². The van der Waals surface area contributed by atoms with E-state index in [4.69, 9.17) is 14.6 Å². The number of rotatable bonds is 8. The first-order valence-electron chi connectivity index (χ1n) is 6.87. The molecule has 0 saturated heterocycles. The average Bonchev–Trinajstić information content (AvgIpc) is 3.26. The molecule has 1 aliphatic carbocycles. The highest BCUT2D eigenvalue weighted by molar-refractivity contribution is 5.40. The number of benzene rings is 1. The van der Waals surface area contributed by atoms with E-state index in [1.54, 1.807) is 7.11 Å². The fraction of sp³-hybridized carbons (Fsp3) is 0.600. The summed E-state index contributed by atoms with van der Waals surface area (Å²) in [7, 11) is 1.65. The second-order valence-corrected chi connectivity index (χ2v) is 5.23. The highest BCUT2D eigenvalue weighted by Crippen LogP contribution is 2.27. The summed E-state index contributed by atoms with van der Waals surface area (Å²) >= 11 is 0. The number of hydrogen-bond acceptors (Lipinski definition) is 4. The van der Waals surface area contributed by atoms with Crippen LogP contribution in [0.25, 0.3) is 0 Å². The highest BCUT2D eigenvalue weighted by atomic mass is 16.5. The Kier molecular flexibility index (Phi) is 5.05. The second-order valence-electron chi connectivity index (χ2n) is 5.23. The van der Waals surface area contributed by atoms with Crippen LogP contribution in [0.4, 0.5) is 0 Å². The molecule has 1 aromatic carbocycles. The molecule has 4 heteroatoms. The summed E-state index contributed by atoms with van der Waals surface area (Å²) in [6, 6.07) is 6.57. The van der Waals surface area contributed by atoms with E-state index < -0.39 is 0 Å². The first-order valence-corrected chi connectivity index (χ1v) is 6.87. The standard InChI is InChI=1S/C15H23NO3/c1-11(9-17)10-19-15-7-14(18-2)6-3-12(15)8-16-13-4-5-13/h3,6-7,11,13,16-17H,4-5,8-10H2,1-2H3. The smallest absolute Gasteiger partial charge is 0.127 e. The van der Waals surface area contributed by atoms with Gasteiger partial charge < -0.3 is 19.9 Å². The van der Waals surface area contributed by atoms with Crippen molar-refractivity contribution in [3.05, 3.63) is 23.8 Å². The minimum atomic E-state index is 0.135. The van der Waals surface area contributed by atoms with Gasteiger partial charge in [-0.05, 0) is 18.9 Å². The summed E-state index contributed by atoms with van der Waals surface area (Å²) in [4.78, 5) is 0. The van der Waals surface area contributed by atoms with E-state index in [0.717, 1.165) is 23.6 Å². The van der Waals surface area contributed by atoms with Crippen molar-refractivity contribution in [1.82, 2.24) is 5.32 Å². The molecule has 19 heavy (non-hydrogen) atoms. The molecule has 0 bridgehead atoms. The van der Waals surface area contributed by atoms with Crippen LogP contribution in [0, 0.1) is 5.92 Å². The SMILES string of the molecule is COc1ccc(CNC2CC2)c(OCC(C)CO)c1. The minimum Gasteiger partial charge on any atom is -0.497 e. The van der Waals surface area contributed by atoms with Gasteiger partial charge in [0.1, 0.15) is 11.5 Å². The molecular weight excluding hydrogens is 242 g/mol. The van der Waals surface area contributed by atoms with Gasteiger partial charge in [0.15, 0.2) is 0 Å². The van der Waals surface area contributed by atoms with Crippen molar-refractivity contribution in [2.45, 2.75) is 32.4 Å². The molecule has 1 saturated carbocycles. The zero-order chi connectivity index (χ0) is 13.7. The minimum absolute atomic E-state index is 0.135. The molecule has 0 aromatic heterocycles. The maximum absolute atomic E-state index is 9.05. The van der Waals surface area contributed by atoms with Gasteiger partial charge >= 0.3 is 0 Å². The lowest BCUT2D eigenvalue weighted by atomic mass is 10.1. The third kappa shape index (κ3) is 4.40. The van der Waals surface area contributed by atoms with E-state index in [0.29, 0.717) is 12.6 Å². The lowest BCUT2D eigenvalue weighted by Crippen LogP contribution is -2.17. The average molecular weight is 265 g/mol. The Morgan fingerprint density at radius 2 is 2.21 bits per heavy atom. The number of ether oxygens (including phenoxy) is 2. The predicted octanol–water partition coefficient (Wildman–Crippen LogP) is 1.95. The molecule has 0 amide bonds. The van der Waals surface area contributed by atoms with Gasteiger partial charge in [-0.25, -0.2) is 0 Å². The van der Waals surface area contributed by atoms with Crippen molar-refractivity contribution in [1.29, 1.82) is 0 Å². The van der Waals surface area contributed by atoms with Crippen LogP contribution in [0.3, 0.4) is 0 Å². The van der Waals surface area contributed by atoms with Gasteiger partial charge in [0.2, 0.25) is 0 Å². The molecule has 1 atom stereocenters. The Morgan fingerprint density at radius 3 is 2.84 bits per heavy atom. The largest absolute Gasteiger partial charge is 0.497 e. The zero-order valence-corrected chi connectivity index (χ0v) is 11.7. The normalized spacial score (nSPS) is 16.2. The van der Waals surface area contributed by atoms with Gasteiger partial charge in [-0.1, -0.05) is 13.0 Å². The molecular formula is C15H23NO3. The topological polar surface area (TPSA) is 50.7 Å². The highest BCUT2D eigenvalue weighted by Gasteiger charge is 2.20. The molecule has 106 valence electrons. The Balaban J connectivity index is 2.01. The van der Waals surface area contributed by atoms with Crippen LogP contribution >= 0.6 is 0 Å². The first kappa shape index (κ1) is 14.2. The van der Waals surface area contributed by atoms with Gasteiger partial charge in [0.05, 0.1) is 13.7 Å². The third-order valence-electron chi connectivity index (χ3n) is 3.27. The van der Waals surface area contributed by atoms with E-state index >= 15 is 0 Å². The van der Waals surface area contributed by atoms with Crippen LogP contribution in [0.2, 0.25) is 0 Å². The van der Waals surface area contributed by atoms with Crippen LogP contribution in [-0.2, 0) is 6.54 Å². The van der Waals surface area contributed by atoms with Crippen LogP contribution in [-0.4, -0.2) is 31.5 Å². The van der Waals surface area contributed by atoms with Gasteiger partial charge in [-0.2, -0.15) is 0 Å². The molecule has 0 radical (unpaired) electrons. The summed E-state index contributed by atoms with van der Waals surface area (Å²) < 4.78 is 11.0. The Hall–Kier alpha value is -1.26. The summed E-state index contributed by atoms with van der Waals surface area (Å²) in [5.74, 6) is 1.77. The summed E-state index contributed by atoms with van der Waals surface area (Å²) in [6.45, 7) is 3.43. The van der Waals surface area contributed by atoms with E-state index in [1.807, 2.05) is 25.1 Å². The third-order valence-corrected chi connectivity index (χ3v) is 3.27. The number of hydrogen-bond donors (Lipinski definition) is 2. The molecule has 1 unspecified atom stereocenters. The molecule has 2 rings (SSSR count). The molecule has 1 aliphatic rings. The Morgan fingerprint density at radius 1 is 1.42 bits per heavy atom. The lowest BCUT2D eigenvalue weighted by Gasteiger charge is -2.15. The maximum Gasteiger partial charge on any atom is 0.127 e. The van der Waals surface area contributed by atoms with Crippen molar-refractivity contribution in [3.63, 3.8) is 0 Å². The van der Waals surface area contributed by atoms with E-state index in [1.165, 1.54) is 12.8 Å². The van der Waals surface area contributed by atoms with Crippen LogP contribution in [0.1, 0.15) is 25.3 Å². The lowest BCUT2D eigenvalue weighted by molar-refractivity contribution is 0.173. The fourth-order valence-corrected chi connectivity index (χ4v) is 1.77. The quantitative estimate of drug-likeness (QED) is 0.754. The molecule has 4 nitrogen and oxygen atoms in total.